The van der Waals surface area contributed by atoms with E-state index in [4.69, 9.17) is 4.42 Å². The van der Waals surface area contributed by atoms with E-state index in [9.17, 15) is 13.2 Å². The number of alkyl halides is 3. The smallest absolute Gasteiger partial charge is 0.416 e. The molecule has 0 bridgehead atoms. The van der Waals surface area contributed by atoms with Crippen LogP contribution in [0.3, 0.4) is 0 Å². The van der Waals surface area contributed by atoms with Crippen LogP contribution in [0.25, 0.3) is 11.3 Å². The molecule has 2 nitrogen and oxygen atoms in total. The number of hydrogen-bond donors (Lipinski definition) is 1. The van der Waals surface area contributed by atoms with Gasteiger partial charge in [-0.15, -0.1) is 0 Å². The van der Waals surface area contributed by atoms with Crippen molar-refractivity contribution in [2.24, 2.45) is 0 Å². The molecule has 102 valence electrons. The first kappa shape index (κ1) is 14.1. The van der Waals surface area contributed by atoms with E-state index < -0.39 is 11.7 Å². The predicted octanol–water partition coefficient (Wildman–Crippen LogP) is 4.45. The molecule has 0 aliphatic carbocycles. The van der Waals surface area contributed by atoms with Crippen LogP contribution in [-0.2, 0) is 12.7 Å². The fraction of sp³-hybridized carbons (Fsp3) is 0.231. The SMILES string of the molecule is CNCc1ccc(-c2cc(Br)cc(C(F)(F)F)c2)o1. The molecule has 0 amide bonds. The van der Waals surface area contributed by atoms with Gasteiger partial charge in [0.15, 0.2) is 0 Å². The van der Waals surface area contributed by atoms with Crippen molar-refractivity contribution in [1.29, 1.82) is 0 Å². The highest BCUT2D eigenvalue weighted by Crippen LogP contribution is 2.35. The summed E-state index contributed by atoms with van der Waals surface area (Å²) in [5.74, 6) is 1.09. The lowest BCUT2D eigenvalue weighted by Gasteiger charge is -2.08. The third kappa shape index (κ3) is 3.39. The molecule has 1 heterocycles. The van der Waals surface area contributed by atoms with Crippen LogP contribution in [0.4, 0.5) is 13.2 Å². The molecule has 6 heteroatoms. The van der Waals surface area contributed by atoms with Gasteiger partial charge in [0.1, 0.15) is 11.5 Å². The Labute approximate surface area is 116 Å². The highest BCUT2D eigenvalue weighted by molar-refractivity contribution is 9.10. The van der Waals surface area contributed by atoms with Crippen molar-refractivity contribution in [2.45, 2.75) is 12.7 Å². The summed E-state index contributed by atoms with van der Waals surface area (Å²) in [4.78, 5) is 0. The number of benzene rings is 1. The van der Waals surface area contributed by atoms with Crippen LogP contribution in [0, 0.1) is 0 Å². The minimum atomic E-state index is -4.38. The fourth-order valence-corrected chi connectivity index (χ4v) is 2.19. The molecular formula is C13H11BrF3NO. The molecule has 0 saturated heterocycles. The van der Waals surface area contributed by atoms with E-state index in [1.54, 1.807) is 25.2 Å². The van der Waals surface area contributed by atoms with E-state index in [2.05, 4.69) is 21.2 Å². The average Bonchev–Trinajstić information content (AvgIpc) is 2.76. The lowest BCUT2D eigenvalue weighted by atomic mass is 10.1. The van der Waals surface area contributed by atoms with E-state index >= 15 is 0 Å². The van der Waals surface area contributed by atoms with Gasteiger partial charge >= 0.3 is 6.18 Å². The molecule has 2 rings (SSSR count). The Kier molecular flexibility index (Phi) is 4.01. The molecule has 1 aromatic heterocycles. The Morgan fingerprint density at radius 1 is 1.21 bits per heavy atom. The molecule has 1 aromatic carbocycles. The summed E-state index contributed by atoms with van der Waals surface area (Å²) >= 11 is 3.09. The van der Waals surface area contributed by atoms with Gasteiger partial charge < -0.3 is 9.73 Å². The molecule has 0 unspecified atom stereocenters. The molecule has 19 heavy (non-hydrogen) atoms. The van der Waals surface area contributed by atoms with Gasteiger partial charge in [-0.25, -0.2) is 0 Å². The minimum Gasteiger partial charge on any atom is -0.460 e. The van der Waals surface area contributed by atoms with Gasteiger partial charge in [0.25, 0.3) is 0 Å². The maximum Gasteiger partial charge on any atom is 0.416 e. The molecule has 0 aliphatic heterocycles. The van der Waals surface area contributed by atoms with Crippen LogP contribution < -0.4 is 5.32 Å². The van der Waals surface area contributed by atoms with Crippen LogP contribution in [0.5, 0.6) is 0 Å². The molecule has 0 fully saturated rings. The second-order valence-corrected chi connectivity index (χ2v) is 4.94. The van der Waals surface area contributed by atoms with Crippen LogP contribution in [0.2, 0.25) is 0 Å². The summed E-state index contributed by atoms with van der Waals surface area (Å²) in [7, 11) is 1.77. The van der Waals surface area contributed by atoms with E-state index in [0.29, 0.717) is 28.1 Å². The van der Waals surface area contributed by atoms with Crippen LogP contribution in [0.15, 0.2) is 39.2 Å². The lowest BCUT2D eigenvalue weighted by Crippen LogP contribution is -2.05. The molecule has 0 aliphatic rings. The first-order valence-corrected chi connectivity index (χ1v) is 6.31. The van der Waals surface area contributed by atoms with E-state index in [-0.39, 0.29) is 0 Å². The molecule has 0 spiro atoms. The molecule has 1 N–H and O–H groups in total. The van der Waals surface area contributed by atoms with Gasteiger partial charge in [-0.1, -0.05) is 15.9 Å². The first-order chi connectivity index (χ1) is 8.90. The lowest BCUT2D eigenvalue weighted by molar-refractivity contribution is -0.137. The summed E-state index contributed by atoms with van der Waals surface area (Å²) in [6.07, 6.45) is -4.38. The second-order valence-electron chi connectivity index (χ2n) is 4.02. The van der Waals surface area contributed by atoms with E-state index in [1.165, 1.54) is 0 Å². The highest BCUT2D eigenvalue weighted by Gasteiger charge is 2.31. The van der Waals surface area contributed by atoms with Crippen LogP contribution in [-0.4, -0.2) is 7.05 Å². The number of halogens is 4. The fourth-order valence-electron chi connectivity index (χ4n) is 1.70. The summed E-state index contributed by atoms with van der Waals surface area (Å²) in [6, 6.07) is 7.11. The van der Waals surface area contributed by atoms with Crippen molar-refractivity contribution in [1.82, 2.24) is 5.32 Å². The second kappa shape index (κ2) is 5.38. The maximum atomic E-state index is 12.7. The highest BCUT2D eigenvalue weighted by atomic mass is 79.9. The quantitative estimate of drug-likeness (QED) is 0.897. The Bertz CT molecular complexity index is 578. The first-order valence-electron chi connectivity index (χ1n) is 5.51. The molecule has 0 saturated carbocycles. The van der Waals surface area contributed by atoms with Crippen molar-refractivity contribution in [3.05, 3.63) is 46.1 Å². The van der Waals surface area contributed by atoms with Gasteiger partial charge in [-0.3, -0.25) is 0 Å². The minimum absolute atomic E-state index is 0.365. The summed E-state index contributed by atoms with van der Waals surface area (Å²) in [5, 5.41) is 2.91. The van der Waals surface area contributed by atoms with E-state index in [0.717, 1.165) is 12.1 Å². The standard InChI is InChI=1S/C13H11BrF3NO/c1-18-7-11-2-3-12(19-11)8-4-9(13(15,16)17)6-10(14)5-8/h2-6,18H,7H2,1H3. The third-order valence-electron chi connectivity index (χ3n) is 2.52. The van der Waals surface area contributed by atoms with Crippen LogP contribution >= 0.6 is 15.9 Å². The number of nitrogens with one attached hydrogen (secondary N) is 1. The maximum absolute atomic E-state index is 12.7. The molecule has 0 radical (unpaired) electrons. The molecular weight excluding hydrogens is 323 g/mol. The van der Waals surface area contributed by atoms with Gasteiger partial charge in [0, 0.05) is 10.0 Å². The zero-order valence-corrected chi connectivity index (χ0v) is 11.6. The normalized spacial score (nSPS) is 11.8. The van der Waals surface area contributed by atoms with E-state index in [1.807, 2.05) is 0 Å². The summed E-state index contributed by atoms with van der Waals surface area (Å²) in [5.41, 5.74) is -0.313. The van der Waals surface area contributed by atoms with Crippen LogP contribution in [0.1, 0.15) is 11.3 Å². The summed E-state index contributed by atoms with van der Waals surface area (Å²) in [6.45, 7) is 0.528. The Morgan fingerprint density at radius 2 is 1.95 bits per heavy atom. The number of hydrogen-bond acceptors (Lipinski definition) is 2. The topological polar surface area (TPSA) is 25.2 Å². The predicted molar refractivity (Wildman–Crippen MR) is 69.6 cm³/mol. The van der Waals surface area contributed by atoms with Gasteiger partial charge in [-0.2, -0.15) is 13.2 Å². The number of furan rings is 1. The zero-order valence-electron chi connectivity index (χ0n) is 10.0. The zero-order chi connectivity index (χ0) is 14.0. The Balaban J connectivity index is 2.41. The Hall–Kier alpha value is -1.27. The Morgan fingerprint density at radius 3 is 2.58 bits per heavy atom. The average molecular weight is 334 g/mol. The summed E-state index contributed by atoms with van der Waals surface area (Å²) < 4.78 is 44.0. The van der Waals surface area contributed by atoms with Gasteiger partial charge in [0.2, 0.25) is 0 Å². The monoisotopic (exact) mass is 333 g/mol. The van der Waals surface area contributed by atoms with Crippen molar-refractivity contribution >= 4 is 15.9 Å². The number of rotatable bonds is 3. The van der Waals surface area contributed by atoms with Gasteiger partial charge in [0.05, 0.1) is 12.1 Å². The van der Waals surface area contributed by atoms with Crippen molar-refractivity contribution in [3.8, 4) is 11.3 Å². The van der Waals surface area contributed by atoms with Crippen molar-refractivity contribution in [3.63, 3.8) is 0 Å². The molecule has 0 atom stereocenters. The largest absolute Gasteiger partial charge is 0.460 e. The van der Waals surface area contributed by atoms with Gasteiger partial charge in [-0.05, 0) is 37.4 Å². The van der Waals surface area contributed by atoms with Crippen molar-refractivity contribution in [2.75, 3.05) is 7.05 Å². The molecule has 2 aromatic rings. The van der Waals surface area contributed by atoms with Crippen molar-refractivity contribution < 1.29 is 17.6 Å². The third-order valence-corrected chi connectivity index (χ3v) is 2.98.